The van der Waals surface area contributed by atoms with Gasteiger partial charge in [-0.15, -0.1) is 0 Å². The molecule has 1 aromatic rings. The van der Waals surface area contributed by atoms with Crippen molar-refractivity contribution in [1.82, 2.24) is 10.4 Å². The first-order chi connectivity index (χ1) is 8.99. The number of hydrogen-bond donors (Lipinski definition) is 2. The first kappa shape index (κ1) is 13.6. The number of carbonyl (C=O) groups is 2. The minimum absolute atomic E-state index is 0.0762. The van der Waals surface area contributed by atoms with Crippen LogP contribution in [0.25, 0.3) is 6.08 Å². The van der Waals surface area contributed by atoms with E-state index in [1.54, 1.807) is 18.2 Å². The van der Waals surface area contributed by atoms with Crippen LogP contribution in [0.4, 0.5) is 0 Å². The monoisotopic (exact) mass is 294 g/mol. The number of para-hydroxylation sites is 1. The van der Waals surface area contributed by atoms with E-state index in [1.165, 1.54) is 19.1 Å². The lowest BCUT2D eigenvalue weighted by molar-refractivity contribution is -0.131. The quantitative estimate of drug-likeness (QED) is 0.641. The smallest absolute Gasteiger partial charge is 0.285 e. The van der Waals surface area contributed by atoms with Crippen LogP contribution in [-0.4, -0.2) is 26.3 Å². The fourth-order valence-corrected chi connectivity index (χ4v) is 2.64. The van der Waals surface area contributed by atoms with Crippen molar-refractivity contribution in [2.75, 3.05) is 0 Å². The normalized spacial score (nSPS) is 17.1. The van der Waals surface area contributed by atoms with Crippen LogP contribution in [0, 0.1) is 0 Å². The van der Waals surface area contributed by atoms with Crippen LogP contribution in [0.5, 0.6) is 5.75 Å². The zero-order chi connectivity index (χ0) is 14.0. The fraction of sp³-hybridized carbons (Fsp3) is 0.0833. The number of thioether (sulfide) groups is 1. The first-order valence-electron chi connectivity index (χ1n) is 5.32. The summed E-state index contributed by atoms with van der Waals surface area (Å²) in [6.07, 6.45) is 1.54. The van der Waals surface area contributed by atoms with E-state index in [-0.39, 0.29) is 16.0 Å². The Morgan fingerprint density at radius 3 is 2.79 bits per heavy atom. The van der Waals surface area contributed by atoms with Gasteiger partial charge in [-0.25, -0.2) is 0 Å². The van der Waals surface area contributed by atoms with Crippen LogP contribution in [-0.2, 0) is 9.59 Å². The predicted molar refractivity (Wildman–Crippen MR) is 76.9 cm³/mol. The number of aromatic hydroxyl groups is 1. The van der Waals surface area contributed by atoms with Crippen molar-refractivity contribution in [3.05, 3.63) is 34.7 Å². The zero-order valence-corrected chi connectivity index (χ0v) is 11.5. The average molecular weight is 294 g/mol. The number of phenols is 1. The van der Waals surface area contributed by atoms with Gasteiger partial charge in [0.15, 0.2) is 4.32 Å². The van der Waals surface area contributed by atoms with Gasteiger partial charge >= 0.3 is 0 Å². The summed E-state index contributed by atoms with van der Waals surface area (Å²) in [5.41, 5.74) is 2.87. The average Bonchev–Trinajstić information content (AvgIpc) is 2.60. The van der Waals surface area contributed by atoms with E-state index in [4.69, 9.17) is 12.2 Å². The maximum Gasteiger partial charge on any atom is 0.285 e. The summed E-state index contributed by atoms with van der Waals surface area (Å²) in [6.45, 7) is 1.30. The highest BCUT2D eigenvalue weighted by Crippen LogP contribution is 2.32. The third-order valence-electron chi connectivity index (χ3n) is 2.29. The zero-order valence-electron chi connectivity index (χ0n) is 9.91. The Labute approximate surface area is 119 Å². The van der Waals surface area contributed by atoms with Crippen LogP contribution >= 0.6 is 24.0 Å². The van der Waals surface area contributed by atoms with Crippen molar-refractivity contribution < 1.29 is 14.7 Å². The third kappa shape index (κ3) is 2.94. The Morgan fingerprint density at radius 1 is 1.47 bits per heavy atom. The Kier molecular flexibility index (Phi) is 3.87. The van der Waals surface area contributed by atoms with Crippen molar-refractivity contribution in [1.29, 1.82) is 0 Å². The number of hydrazine groups is 1. The van der Waals surface area contributed by atoms with Gasteiger partial charge in [-0.05, 0) is 24.4 Å². The summed E-state index contributed by atoms with van der Waals surface area (Å²) in [5, 5.41) is 10.7. The second-order valence-electron chi connectivity index (χ2n) is 3.74. The van der Waals surface area contributed by atoms with E-state index in [0.29, 0.717) is 10.5 Å². The molecule has 1 heterocycles. The number of hydrogen-bond acceptors (Lipinski definition) is 5. The lowest BCUT2D eigenvalue weighted by Gasteiger charge is -2.13. The molecule has 1 aliphatic rings. The van der Waals surface area contributed by atoms with Crippen molar-refractivity contribution >= 4 is 46.2 Å². The van der Waals surface area contributed by atoms with Crippen molar-refractivity contribution in [3.63, 3.8) is 0 Å². The SMILES string of the molecule is CC(=O)NN1C(=O)/C(=C\c2ccccc2O)SC1=S. The number of nitrogens with zero attached hydrogens (tertiary/aromatic N) is 1. The molecule has 98 valence electrons. The molecule has 5 nitrogen and oxygen atoms in total. The van der Waals surface area contributed by atoms with Gasteiger partial charge in [0, 0.05) is 12.5 Å². The van der Waals surface area contributed by atoms with Crippen LogP contribution in [0.15, 0.2) is 29.2 Å². The minimum Gasteiger partial charge on any atom is -0.507 e. The number of carbonyl (C=O) groups excluding carboxylic acids is 2. The Balaban J connectivity index is 2.28. The molecular formula is C12H10N2O3S2. The van der Waals surface area contributed by atoms with E-state index < -0.39 is 5.91 Å². The molecule has 0 aliphatic carbocycles. The van der Waals surface area contributed by atoms with Gasteiger partial charge in [-0.3, -0.25) is 15.0 Å². The molecule has 0 bridgehead atoms. The predicted octanol–water partition coefficient (Wildman–Crippen LogP) is 1.64. The van der Waals surface area contributed by atoms with Crippen LogP contribution in [0.3, 0.4) is 0 Å². The van der Waals surface area contributed by atoms with Gasteiger partial charge in [0.1, 0.15) is 5.75 Å². The highest BCUT2D eigenvalue weighted by atomic mass is 32.2. The number of benzene rings is 1. The Hall–Kier alpha value is -1.86. The lowest BCUT2D eigenvalue weighted by atomic mass is 10.2. The minimum atomic E-state index is -0.409. The Morgan fingerprint density at radius 2 is 2.16 bits per heavy atom. The molecule has 1 fully saturated rings. The molecule has 2 rings (SSSR count). The van der Waals surface area contributed by atoms with Crippen LogP contribution in [0.1, 0.15) is 12.5 Å². The fourth-order valence-electron chi connectivity index (χ4n) is 1.47. The van der Waals surface area contributed by atoms with Gasteiger partial charge in [0.2, 0.25) is 5.91 Å². The second kappa shape index (κ2) is 5.41. The molecule has 0 radical (unpaired) electrons. The summed E-state index contributed by atoms with van der Waals surface area (Å²) in [6, 6.07) is 6.65. The number of nitrogens with one attached hydrogen (secondary N) is 1. The molecule has 0 atom stereocenters. The Bertz CT molecular complexity index is 598. The molecule has 2 amide bonds. The van der Waals surface area contributed by atoms with Crippen molar-refractivity contribution in [2.45, 2.75) is 6.92 Å². The van der Waals surface area contributed by atoms with E-state index in [0.717, 1.165) is 16.8 Å². The molecule has 1 aromatic carbocycles. The van der Waals surface area contributed by atoms with Gasteiger partial charge in [-0.1, -0.05) is 30.0 Å². The molecule has 1 saturated heterocycles. The number of thiocarbonyl (C=S) groups is 1. The largest absolute Gasteiger partial charge is 0.507 e. The van der Waals surface area contributed by atoms with Crippen LogP contribution < -0.4 is 5.43 Å². The lowest BCUT2D eigenvalue weighted by Crippen LogP contribution is -2.43. The number of amides is 2. The van der Waals surface area contributed by atoms with Crippen molar-refractivity contribution in [2.24, 2.45) is 0 Å². The topological polar surface area (TPSA) is 69.6 Å². The third-order valence-corrected chi connectivity index (χ3v) is 3.59. The highest BCUT2D eigenvalue weighted by molar-refractivity contribution is 8.26. The molecule has 2 N–H and O–H groups in total. The first-order valence-corrected chi connectivity index (χ1v) is 6.54. The molecule has 0 saturated carbocycles. The van der Waals surface area contributed by atoms with Crippen molar-refractivity contribution in [3.8, 4) is 5.75 Å². The summed E-state index contributed by atoms with van der Waals surface area (Å²) in [5.74, 6) is -0.708. The summed E-state index contributed by atoms with van der Waals surface area (Å²) in [7, 11) is 0. The molecule has 7 heteroatoms. The second-order valence-corrected chi connectivity index (χ2v) is 5.42. The van der Waals surface area contributed by atoms with Gasteiger partial charge in [0.25, 0.3) is 5.91 Å². The molecule has 19 heavy (non-hydrogen) atoms. The molecule has 0 aromatic heterocycles. The maximum absolute atomic E-state index is 12.0. The summed E-state index contributed by atoms with van der Waals surface area (Å²) >= 11 is 6.08. The number of phenolic OH excluding ortho intramolecular Hbond substituents is 1. The summed E-state index contributed by atoms with van der Waals surface area (Å²) < 4.78 is 0.252. The van der Waals surface area contributed by atoms with E-state index >= 15 is 0 Å². The van der Waals surface area contributed by atoms with Gasteiger partial charge in [0.05, 0.1) is 4.91 Å². The molecule has 0 unspecified atom stereocenters. The highest BCUT2D eigenvalue weighted by Gasteiger charge is 2.33. The molecular weight excluding hydrogens is 284 g/mol. The summed E-state index contributed by atoms with van der Waals surface area (Å²) in [4.78, 5) is 23.3. The molecule has 1 aliphatic heterocycles. The maximum atomic E-state index is 12.0. The van der Waals surface area contributed by atoms with E-state index in [2.05, 4.69) is 5.43 Å². The van der Waals surface area contributed by atoms with E-state index in [9.17, 15) is 14.7 Å². The standard InChI is InChI=1S/C12H10N2O3S2/c1-7(15)13-14-11(17)10(19-12(14)18)6-8-4-2-3-5-9(8)16/h2-6,16H,1H3,(H,13,15)/b10-6+. The number of rotatable bonds is 2. The van der Waals surface area contributed by atoms with Gasteiger partial charge < -0.3 is 5.11 Å². The van der Waals surface area contributed by atoms with E-state index in [1.807, 2.05) is 0 Å². The van der Waals surface area contributed by atoms with Gasteiger partial charge in [-0.2, -0.15) is 5.01 Å². The molecule has 0 spiro atoms. The van der Waals surface area contributed by atoms with Crippen LogP contribution in [0.2, 0.25) is 0 Å².